The van der Waals surface area contributed by atoms with Gasteiger partial charge < -0.3 is 5.11 Å². The number of halogens is 1. The predicted octanol–water partition coefficient (Wildman–Crippen LogP) is 4.98. The van der Waals surface area contributed by atoms with Crippen LogP contribution in [0.4, 0.5) is 0 Å². The summed E-state index contributed by atoms with van der Waals surface area (Å²) in [5, 5.41) is 9.54. The van der Waals surface area contributed by atoms with E-state index in [0.29, 0.717) is 12.0 Å². The van der Waals surface area contributed by atoms with Gasteiger partial charge in [-0.3, -0.25) is 4.79 Å². The second-order valence-electron chi connectivity index (χ2n) is 5.60. The first-order valence-corrected chi connectivity index (χ1v) is 8.52. The lowest BCUT2D eigenvalue weighted by Gasteiger charge is -2.15. The van der Waals surface area contributed by atoms with Gasteiger partial charge in [0.15, 0.2) is 5.78 Å². The van der Waals surface area contributed by atoms with E-state index in [1.807, 2.05) is 6.07 Å². The molecule has 21 heavy (non-hydrogen) atoms. The highest BCUT2D eigenvalue weighted by Gasteiger charge is 2.24. The number of unbranched alkanes of at least 4 members (excludes halogenated alkanes) is 6. The fourth-order valence-electron chi connectivity index (χ4n) is 2.39. The summed E-state index contributed by atoms with van der Waals surface area (Å²) in [5.41, 5.74) is 0.523. The molecule has 2 unspecified atom stereocenters. The van der Waals surface area contributed by atoms with Crippen molar-refractivity contribution in [2.75, 3.05) is 0 Å². The Hall–Kier alpha value is -0.860. The van der Waals surface area contributed by atoms with Crippen molar-refractivity contribution >= 4 is 17.4 Å². The molecule has 0 bridgehead atoms. The van der Waals surface area contributed by atoms with Gasteiger partial charge in [-0.15, -0.1) is 11.6 Å². The molecule has 1 rings (SSSR count). The fourth-order valence-corrected chi connectivity index (χ4v) is 2.66. The van der Waals surface area contributed by atoms with Crippen LogP contribution >= 0.6 is 11.6 Å². The van der Waals surface area contributed by atoms with Gasteiger partial charge in [-0.2, -0.15) is 0 Å². The Morgan fingerprint density at radius 1 is 1.05 bits per heavy atom. The molecule has 1 aromatic rings. The molecule has 1 N–H and O–H groups in total. The van der Waals surface area contributed by atoms with Gasteiger partial charge in [0.25, 0.3) is 0 Å². The third kappa shape index (κ3) is 7.10. The predicted molar refractivity (Wildman–Crippen MR) is 89.0 cm³/mol. The number of ketones is 1. The minimum Gasteiger partial charge on any atom is -0.383 e. The maximum absolute atomic E-state index is 12.1. The summed E-state index contributed by atoms with van der Waals surface area (Å²) in [5.74, 6) is -0.279. The molecule has 0 fully saturated rings. The molecule has 0 radical (unpaired) electrons. The van der Waals surface area contributed by atoms with Crippen LogP contribution < -0.4 is 0 Å². The molecule has 0 heterocycles. The van der Waals surface area contributed by atoms with E-state index in [1.165, 1.54) is 32.1 Å². The van der Waals surface area contributed by atoms with Crippen molar-refractivity contribution in [1.29, 1.82) is 0 Å². The maximum atomic E-state index is 12.1. The third-order valence-electron chi connectivity index (χ3n) is 3.75. The molecule has 0 amide bonds. The highest BCUT2D eigenvalue weighted by Crippen LogP contribution is 2.17. The van der Waals surface area contributed by atoms with Crippen LogP contribution in [0.5, 0.6) is 0 Å². The topological polar surface area (TPSA) is 37.3 Å². The summed E-state index contributed by atoms with van der Waals surface area (Å²) in [6, 6.07) is 8.85. The van der Waals surface area contributed by atoms with Gasteiger partial charge in [0.1, 0.15) is 6.10 Å². The van der Waals surface area contributed by atoms with Gasteiger partial charge in [0, 0.05) is 5.56 Å². The van der Waals surface area contributed by atoms with Crippen LogP contribution in [-0.4, -0.2) is 22.4 Å². The van der Waals surface area contributed by atoms with Gasteiger partial charge >= 0.3 is 0 Å². The number of rotatable bonds is 11. The quantitative estimate of drug-likeness (QED) is 0.355. The summed E-state index contributed by atoms with van der Waals surface area (Å²) in [6.45, 7) is 2.21. The second kappa shape index (κ2) is 10.8. The van der Waals surface area contributed by atoms with Crippen molar-refractivity contribution in [3.05, 3.63) is 35.9 Å². The highest BCUT2D eigenvalue weighted by atomic mass is 35.5. The van der Waals surface area contributed by atoms with Crippen molar-refractivity contribution in [1.82, 2.24) is 0 Å². The molecular formula is C18H27ClO2. The van der Waals surface area contributed by atoms with Crippen molar-refractivity contribution in [3.63, 3.8) is 0 Å². The number of carbonyl (C=O) groups excluding carboxylic acids is 1. The molecule has 0 aliphatic rings. The molecule has 1 aromatic carbocycles. The number of aliphatic hydroxyl groups is 1. The zero-order valence-electron chi connectivity index (χ0n) is 12.9. The van der Waals surface area contributed by atoms with E-state index < -0.39 is 11.5 Å². The number of benzene rings is 1. The zero-order chi connectivity index (χ0) is 15.5. The average Bonchev–Trinajstić information content (AvgIpc) is 2.53. The van der Waals surface area contributed by atoms with Crippen LogP contribution in [0.1, 0.15) is 68.6 Å². The fraction of sp³-hybridized carbons (Fsp3) is 0.611. The highest BCUT2D eigenvalue weighted by molar-refractivity contribution is 6.23. The molecular weight excluding hydrogens is 284 g/mol. The lowest BCUT2D eigenvalue weighted by atomic mass is 10.00. The first-order chi connectivity index (χ1) is 10.2. The Morgan fingerprint density at radius 2 is 1.62 bits per heavy atom. The zero-order valence-corrected chi connectivity index (χ0v) is 13.7. The number of hydrogen-bond donors (Lipinski definition) is 1. The first kappa shape index (κ1) is 18.2. The van der Waals surface area contributed by atoms with Crippen LogP contribution in [0.15, 0.2) is 30.3 Å². The third-order valence-corrected chi connectivity index (χ3v) is 4.21. The SMILES string of the molecule is CCCCCCCCCC(Cl)C(O)C(=O)c1ccccc1. The number of alkyl halides is 1. The molecule has 0 aromatic heterocycles. The summed E-state index contributed by atoms with van der Waals surface area (Å²) in [6.07, 6.45) is 8.04. The lowest BCUT2D eigenvalue weighted by Crippen LogP contribution is -2.30. The van der Waals surface area contributed by atoms with Crippen molar-refractivity contribution < 1.29 is 9.90 Å². The molecule has 2 nitrogen and oxygen atoms in total. The molecule has 0 spiro atoms. The maximum Gasteiger partial charge on any atom is 0.192 e. The monoisotopic (exact) mass is 310 g/mol. The summed E-state index contributed by atoms with van der Waals surface area (Å²) >= 11 is 6.17. The van der Waals surface area contributed by atoms with Crippen molar-refractivity contribution in [2.24, 2.45) is 0 Å². The standard InChI is InChI=1S/C18H27ClO2/c1-2-3-4-5-6-7-11-14-16(19)18(21)17(20)15-12-9-8-10-13-15/h8-10,12-13,16,18,21H,2-7,11,14H2,1H3. The summed E-state index contributed by atoms with van der Waals surface area (Å²) in [7, 11) is 0. The van der Waals surface area contributed by atoms with Crippen LogP contribution in [0.25, 0.3) is 0 Å². The van der Waals surface area contributed by atoms with E-state index in [4.69, 9.17) is 11.6 Å². The van der Waals surface area contributed by atoms with Gasteiger partial charge in [-0.05, 0) is 6.42 Å². The van der Waals surface area contributed by atoms with Gasteiger partial charge in [-0.25, -0.2) is 0 Å². The molecule has 0 aliphatic carbocycles. The number of hydrogen-bond acceptors (Lipinski definition) is 2. The van der Waals surface area contributed by atoms with Gasteiger partial charge in [0.2, 0.25) is 0 Å². The van der Waals surface area contributed by atoms with Crippen molar-refractivity contribution in [2.45, 2.75) is 69.8 Å². The Morgan fingerprint density at radius 3 is 2.24 bits per heavy atom. The Balaban J connectivity index is 2.22. The molecule has 0 saturated carbocycles. The molecule has 3 heteroatoms. The minimum atomic E-state index is -1.10. The van der Waals surface area contributed by atoms with Gasteiger partial charge in [0.05, 0.1) is 5.38 Å². The molecule has 2 atom stereocenters. The molecule has 0 aliphatic heterocycles. The number of Topliss-reactive ketones (excluding diaryl/α,β-unsaturated/α-hetero) is 1. The van der Waals surface area contributed by atoms with E-state index in [2.05, 4.69) is 6.92 Å². The minimum absolute atomic E-state index is 0.279. The van der Waals surface area contributed by atoms with Crippen LogP contribution in [0.3, 0.4) is 0 Å². The van der Waals surface area contributed by atoms with E-state index in [1.54, 1.807) is 24.3 Å². The van der Waals surface area contributed by atoms with E-state index >= 15 is 0 Å². The Bertz CT molecular complexity index is 391. The number of carbonyl (C=O) groups is 1. The van der Waals surface area contributed by atoms with Crippen molar-refractivity contribution in [3.8, 4) is 0 Å². The largest absolute Gasteiger partial charge is 0.383 e. The second-order valence-corrected chi connectivity index (χ2v) is 6.16. The van der Waals surface area contributed by atoms with Crippen LogP contribution in [0.2, 0.25) is 0 Å². The summed E-state index contributed by atoms with van der Waals surface area (Å²) in [4.78, 5) is 12.1. The van der Waals surface area contributed by atoms with Crippen LogP contribution in [0, 0.1) is 0 Å². The number of aliphatic hydroxyl groups excluding tert-OH is 1. The first-order valence-electron chi connectivity index (χ1n) is 8.08. The lowest BCUT2D eigenvalue weighted by molar-refractivity contribution is 0.0733. The van der Waals surface area contributed by atoms with E-state index in [0.717, 1.165) is 12.8 Å². The Kier molecular flexibility index (Phi) is 9.36. The van der Waals surface area contributed by atoms with Crippen LogP contribution in [-0.2, 0) is 0 Å². The van der Waals surface area contributed by atoms with Gasteiger partial charge in [-0.1, -0.05) is 82.2 Å². The Labute approximate surface area is 133 Å². The van der Waals surface area contributed by atoms with E-state index in [-0.39, 0.29) is 5.78 Å². The average molecular weight is 311 g/mol. The summed E-state index contributed by atoms with van der Waals surface area (Å²) < 4.78 is 0. The smallest absolute Gasteiger partial charge is 0.192 e. The molecule has 0 saturated heterocycles. The normalized spacial score (nSPS) is 13.9. The van der Waals surface area contributed by atoms with E-state index in [9.17, 15) is 9.90 Å². The molecule has 118 valence electrons.